The Morgan fingerprint density at radius 3 is 2.19 bits per heavy atom. The zero-order chi connectivity index (χ0) is 25.9. The molecule has 1 saturated heterocycles. The number of aromatic hydroxyl groups is 1. The van der Waals surface area contributed by atoms with Crippen LogP contribution in [0.25, 0.3) is 22.0 Å². The van der Waals surface area contributed by atoms with Gasteiger partial charge in [-0.15, -0.1) is 0 Å². The number of halogens is 1. The number of pyridine rings is 1. The summed E-state index contributed by atoms with van der Waals surface area (Å²) in [6.45, 7) is 4.74. The van der Waals surface area contributed by atoms with Gasteiger partial charge in [-0.2, -0.15) is 4.31 Å². The van der Waals surface area contributed by atoms with Gasteiger partial charge < -0.3 is 15.0 Å². The van der Waals surface area contributed by atoms with E-state index in [0.29, 0.717) is 21.5 Å². The number of sulfonamides is 1. The summed E-state index contributed by atoms with van der Waals surface area (Å²) in [5.41, 5.74) is 3.01. The van der Waals surface area contributed by atoms with E-state index < -0.39 is 10.0 Å². The number of carbonyl (C=O) groups is 1. The first-order valence-corrected chi connectivity index (χ1v) is 13.5. The molecule has 2 aromatic heterocycles. The second-order valence-corrected chi connectivity index (χ2v) is 10.3. The number of fused-ring (bicyclic) bond motifs is 1. The second kappa shape index (κ2) is 10.7. The Bertz CT molecular complexity index is 1460. The predicted molar refractivity (Wildman–Crippen MR) is 141 cm³/mol. The minimum Gasteiger partial charge on any atom is -0.504 e. The van der Waals surface area contributed by atoms with Crippen molar-refractivity contribution in [3.8, 4) is 16.9 Å². The van der Waals surface area contributed by atoms with Crippen LogP contribution in [0.2, 0.25) is 5.02 Å². The molecule has 1 amide bonds. The van der Waals surface area contributed by atoms with Crippen molar-refractivity contribution >= 4 is 38.4 Å². The van der Waals surface area contributed by atoms with Crippen LogP contribution in [0.4, 0.5) is 0 Å². The number of H-pyrrole nitrogens is 1. The molecule has 2 aromatic carbocycles. The molecule has 0 spiro atoms. The molecule has 0 saturated carbocycles. The molecule has 0 unspecified atom stereocenters. The largest absolute Gasteiger partial charge is 0.504 e. The fraction of sp³-hybridized carbons (Fsp3) is 0.231. The molecule has 0 bridgehead atoms. The number of aromatic amines is 1. The van der Waals surface area contributed by atoms with Crippen LogP contribution in [0, 0.1) is 0 Å². The van der Waals surface area contributed by atoms with Gasteiger partial charge in [-0.05, 0) is 53.6 Å². The number of amides is 1. The third-order valence-corrected chi connectivity index (χ3v) is 8.06. The van der Waals surface area contributed by atoms with Crippen LogP contribution in [0.1, 0.15) is 24.2 Å². The van der Waals surface area contributed by atoms with E-state index >= 15 is 0 Å². The van der Waals surface area contributed by atoms with Crippen LogP contribution < -0.4 is 0 Å². The van der Waals surface area contributed by atoms with Gasteiger partial charge in [-0.25, -0.2) is 8.42 Å². The summed E-state index contributed by atoms with van der Waals surface area (Å²) < 4.78 is 27.6. The first-order valence-electron chi connectivity index (χ1n) is 11.6. The lowest BCUT2D eigenvalue weighted by molar-refractivity contribution is 0.0697. The molecule has 188 valence electrons. The number of rotatable bonds is 4. The summed E-state index contributed by atoms with van der Waals surface area (Å²) in [5.74, 6) is -0.508. The maximum atomic E-state index is 13.2. The monoisotopic (exact) mass is 526 g/mol. The summed E-state index contributed by atoms with van der Waals surface area (Å²) >= 11 is 5.97. The quantitative estimate of drug-likeness (QED) is 0.398. The van der Waals surface area contributed by atoms with Crippen molar-refractivity contribution < 1.29 is 18.3 Å². The predicted octanol–water partition coefficient (Wildman–Crippen LogP) is 4.76. The lowest BCUT2D eigenvalue weighted by Gasteiger charge is -2.33. The molecule has 0 aliphatic carbocycles. The normalized spacial score (nSPS) is 14.4. The first kappa shape index (κ1) is 25.7. The molecule has 3 heterocycles. The molecule has 0 radical (unpaired) electrons. The van der Waals surface area contributed by atoms with Crippen LogP contribution in [0.3, 0.4) is 0 Å². The van der Waals surface area contributed by atoms with Gasteiger partial charge in [-0.1, -0.05) is 37.6 Å². The number of hydrogen-bond donors (Lipinski definition) is 2. The number of piperazine rings is 1. The van der Waals surface area contributed by atoms with Crippen LogP contribution >= 0.6 is 11.6 Å². The van der Waals surface area contributed by atoms with Gasteiger partial charge in [0.1, 0.15) is 0 Å². The molecule has 8 nitrogen and oxygen atoms in total. The molecule has 1 aliphatic heterocycles. The molecule has 1 aliphatic rings. The Hall–Kier alpha value is -3.40. The van der Waals surface area contributed by atoms with Gasteiger partial charge in [0.25, 0.3) is 15.9 Å². The highest BCUT2D eigenvalue weighted by Crippen LogP contribution is 2.35. The van der Waals surface area contributed by atoms with E-state index in [-0.39, 0.29) is 42.9 Å². The standard InChI is InChI=1S/C24H21ClN4O4S.C2H6/c25-19-5-6-21-20(15-19)22(30)23(27-21)34(32,33)29-13-11-28(12-14-29)24(31)18-3-1-16(2-4-18)17-7-9-26-10-8-17;1-2/h1-10,15,27,30H,11-14H2;1-2H3. The lowest BCUT2D eigenvalue weighted by atomic mass is 10.0. The topological polar surface area (TPSA) is 107 Å². The number of aromatic nitrogens is 2. The molecule has 0 atom stereocenters. The molecular formula is C26H27ClN4O4S. The van der Waals surface area contributed by atoms with E-state index in [2.05, 4.69) is 9.97 Å². The number of benzene rings is 2. The number of nitrogens with zero attached hydrogens (tertiary/aromatic N) is 3. The van der Waals surface area contributed by atoms with E-state index in [0.717, 1.165) is 11.1 Å². The Morgan fingerprint density at radius 1 is 0.944 bits per heavy atom. The van der Waals surface area contributed by atoms with Crippen molar-refractivity contribution in [2.75, 3.05) is 26.2 Å². The number of carbonyl (C=O) groups excluding carboxylic acids is 1. The van der Waals surface area contributed by atoms with Gasteiger partial charge in [0.15, 0.2) is 10.8 Å². The van der Waals surface area contributed by atoms with Crippen LogP contribution in [0.15, 0.2) is 72.0 Å². The summed E-state index contributed by atoms with van der Waals surface area (Å²) in [7, 11) is -3.98. The van der Waals surface area contributed by atoms with Crippen molar-refractivity contribution in [1.29, 1.82) is 0 Å². The van der Waals surface area contributed by atoms with Gasteiger partial charge in [0.2, 0.25) is 0 Å². The van der Waals surface area contributed by atoms with E-state index in [1.807, 2.05) is 38.1 Å². The summed E-state index contributed by atoms with van der Waals surface area (Å²) in [6, 6.07) is 15.9. The molecule has 2 N–H and O–H groups in total. The maximum Gasteiger partial charge on any atom is 0.262 e. The molecule has 1 fully saturated rings. The highest BCUT2D eigenvalue weighted by molar-refractivity contribution is 7.89. The van der Waals surface area contributed by atoms with Crippen molar-refractivity contribution in [2.45, 2.75) is 18.9 Å². The van der Waals surface area contributed by atoms with Crippen molar-refractivity contribution in [3.05, 3.63) is 77.6 Å². The SMILES string of the molecule is CC.O=C(c1ccc(-c2ccncc2)cc1)N1CCN(S(=O)(=O)c2[nH]c3ccc(Cl)cc3c2O)CC1. The van der Waals surface area contributed by atoms with Gasteiger partial charge in [-0.3, -0.25) is 9.78 Å². The lowest BCUT2D eigenvalue weighted by Crippen LogP contribution is -2.50. The minimum absolute atomic E-state index is 0.124. The van der Waals surface area contributed by atoms with E-state index in [1.54, 1.807) is 41.6 Å². The Labute approximate surface area is 215 Å². The highest BCUT2D eigenvalue weighted by atomic mass is 35.5. The fourth-order valence-electron chi connectivity index (χ4n) is 4.10. The fourth-order valence-corrected chi connectivity index (χ4v) is 5.77. The number of nitrogens with one attached hydrogen (secondary N) is 1. The minimum atomic E-state index is -3.98. The number of hydrogen-bond acceptors (Lipinski definition) is 5. The highest BCUT2D eigenvalue weighted by Gasteiger charge is 2.34. The molecule has 36 heavy (non-hydrogen) atoms. The Balaban J connectivity index is 0.00000148. The average molecular weight is 527 g/mol. The molecule has 10 heteroatoms. The summed E-state index contributed by atoms with van der Waals surface area (Å²) in [5, 5.41) is 11.0. The third-order valence-electron chi connectivity index (χ3n) is 5.97. The molecule has 5 rings (SSSR count). The zero-order valence-corrected chi connectivity index (χ0v) is 21.6. The molecule has 4 aromatic rings. The van der Waals surface area contributed by atoms with E-state index in [9.17, 15) is 18.3 Å². The van der Waals surface area contributed by atoms with Crippen LogP contribution in [-0.4, -0.2) is 64.8 Å². The smallest absolute Gasteiger partial charge is 0.262 e. The van der Waals surface area contributed by atoms with Crippen molar-refractivity contribution in [3.63, 3.8) is 0 Å². The Kier molecular flexibility index (Phi) is 7.63. The average Bonchev–Trinajstić information content (AvgIpc) is 3.26. The zero-order valence-electron chi connectivity index (χ0n) is 20.0. The van der Waals surface area contributed by atoms with Crippen LogP contribution in [-0.2, 0) is 10.0 Å². The van der Waals surface area contributed by atoms with Gasteiger partial charge in [0, 0.05) is 54.5 Å². The third kappa shape index (κ3) is 4.95. The summed E-state index contributed by atoms with van der Waals surface area (Å²) in [4.78, 5) is 21.4. The van der Waals surface area contributed by atoms with E-state index in [4.69, 9.17) is 11.6 Å². The van der Waals surface area contributed by atoms with Gasteiger partial charge >= 0.3 is 0 Å². The Morgan fingerprint density at radius 2 is 1.56 bits per heavy atom. The van der Waals surface area contributed by atoms with E-state index in [1.165, 1.54) is 10.4 Å². The molecular weight excluding hydrogens is 500 g/mol. The van der Waals surface area contributed by atoms with Gasteiger partial charge in [0.05, 0.1) is 5.52 Å². The second-order valence-electron chi connectivity index (χ2n) is 8.00. The summed E-state index contributed by atoms with van der Waals surface area (Å²) in [6.07, 6.45) is 3.43. The first-order chi connectivity index (χ1) is 17.3. The van der Waals surface area contributed by atoms with Crippen molar-refractivity contribution in [1.82, 2.24) is 19.2 Å². The maximum absolute atomic E-state index is 13.2. The van der Waals surface area contributed by atoms with Crippen molar-refractivity contribution in [2.24, 2.45) is 0 Å². The van der Waals surface area contributed by atoms with Crippen LogP contribution in [0.5, 0.6) is 5.75 Å².